The second-order valence-corrected chi connectivity index (χ2v) is 5.24. The quantitative estimate of drug-likeness (QED) is 0.809. The van der Waals surface area contributed by atoms with Gasteiger partial charge < -0.3 is 10.6 Å². The van der Waals surface area contributed by atoms with Crippen molar-refractivity contribution in [3.8, 4) is 0 Å². The minimum Gasteiger partial charge on any atom is -0.354 e. The molecule has 0 fully saturated rings. The van der Waals surface area contributed by atoms with E-state index < -0.39 is 0 Å². The van der Waals surface area contributed by atoms with Gasteiger partial charge in [-0.1, -0.05) is 47.8 Å². The number of anilines is 3. The van der Waals surface area contributed by atoms with Gasteiger partial charge in [0.25, 0.3) is 0 Å². The van der Waals surface area contributed by atoms with Crippen LogP contribution in [0.4, 0.5) is 17.5 Å². The molecular formula is C13H13Cl3N4. The Kier molecular flexibility index (Phi) is 5.29. The molecule has 2 rings (SSSR count). The highest BCUT2D eigenvalue weighted by molar-refractivity contribution is 6.43. The fraction of sp³-hybridized carbons (Fsp3) is 0.231. The summed E-state index contributed by atoms with van der Waals surface area (Å²) in [5.74, 6) is 0.987. The maximum absolute atomic E-state index is 6.12. The Hall–Kier alpha value is -1.23. The highest BCUT2D eigenvalue weighted by atomic mass is 35.5. The summed E-state index contributed by atoms with van der Waals surface area (Å²) in [5, 5.41) is 7.45. The second kappa shape index (κ2) is 6.97. The maximum atomic E-state index is 6.12. The molecule has 1 aromatic carbocycles. The van der Waals surface area contributed by atoms with E-state index in [9.17, 15) is 0 Å². The van der Waals surface area contributed by atoms with Gasteiger partial charge in [-0.25, -0.2) is 4.98 Å². The van der Waals surface area contributed by atoms with Crippen LogP contribution in [-0.2, 0) is 0 Å². The summed E-state index contributed by atoms with van der Waals surface area (Å²) < 4.78 is 0. The van der Waals surface area contributed by atoms with Crippen molar-refractivity contribution in [3.05, 3.63) is 39.5 Å². The van der Waals surface area contributed by atoms with E-state index in [0.29, 0.717) is 32.5 Å². The van der Waals surface area contributed by atoms with Gasteiger partial charge in [-0.15, -0.1) is 0 Å². The van der Waals surface area contributed by atoms with Crippen LogP contribution in [0.2, 0.25) is 15.1 Å². The lowest BCUT2D eigenvalue weighted by atomic mass is 10.3. The van der Waals surface area contributed by atoms with Gasteiger partial charge in [0.1, 0.15) is 5.02 Å². The first-order valence-electron chi connectivity index (χ1n) is 6.09. The van der Waals surface area contributed by atoms with Crippen molar-refractivity contribution in [1.82, 2.24) is 9.97 Å². The van der Waals surface area contributed by atoms with Gasteiger partial charge in [-0.05, 0) is 18.6 Å². The van der Waals surface area contributed by atoms with Crippen molar-refractivity contribution in [2.45, 2.75) is 13.3 Å². The van der Waals surface area contributed by atoms with Gasteiger partial charge in [-0.2, -0.15) is 4.98 Å². The molecule has 0 aliphatic rings. The predicted octanol–water partition coefficient (Wildman–Crippen LogP) is 5.00. The predicted molar refractivity (Wildman–Crippen MR) is 85.6 cm³/mol. The Morgan fingerprint density at radius 1 is 1.15 bits per heavy atom. The molecule has 2 aromatic rings. The molecule has 4 nitrogen and oxygen atoms in total. The Morgan fingerprint density at radius 3 is 2.70 bits per heavy atom. The van der Waals surface area contributed by atoms with Crippen LogP contribution in [-0.4, -0.2) is 16.5 Å². The van der Waals surface area contributed by atoms with Gasteiger partial charge in [0.05, 0.1) is 21.9 Å². The summed E-state index contributed by atoms with van der Waals surface area (Å²) in [5.41, 5.74) is 0.640. The Balaban J connectivity index is 2.26. The molecule has 0 saturated heterocycles. The number of halogens is 3. The summed E-state index contributed by atoms with van der Waals surface area (Å²) in [6, 6.07) is 5.30. The van der Waals surface area contributed by atoms with Crippen LogP contribution >= 0.6 is 34.8 Å². The molecule has 0 atom stereocenters. The number of nitrogens with one attached hydrogen (secondary N) is 2. The number of benzene rings is 1. The summed E-state index contributed by atoms with van der Waals surface area (Å²) in [7, 11) is 0. The average molecular weight is 332 g/mol. The van der Waals surface area contributed by atoms with Gasteiger partial charge >= 0.3 is 0 Å². The Labute approximate surface area is 132 Å². The maximum Gasteiger partial charge on any atom is 0.224 e. The molecule has 1 heterocycles. The smallest absolute Gasteiger partial charge is 0.224 e. The average Bonchev–Trinajstić information content (AvgIpc) is 2.44. The number of aromatic nitrogens is 2. The second-order valence-electron chi connectivity index (χ2n) is 4.04. The van der Waals surface area contributed by atoms with Gasteiger partial charge in [0.15, 0.2) is 5.82 Å². The monoisotopic (exact) mass is 330 g/mol. The molecule has 0 aliphatic carbocycles. The van der Waals surface area contributed by atoms with Crippen molar-refractivity contribution in [3.63, 3.8) is 0 Å². The molecule has 20 heavy (non-hydrogen) atoms. The lowest BCUT2D eigenvalue weighted by molar-refractivity contribution is 0.953. The molecule has 0 saturated carbocycles. The molecular weight excluding hydrogens is 319 g/mol. The minimum atomic E-state index is 0.406. The number of nitrogens with zero attached hydrogens (tertiary/aromatic N) is 2. The summed E-state index contributed by atoms with van der Waals surface area (Å²) in [6.45, 7) is 2.85. The number of hydrogen-bond acceptors (Lipinski definition) is 4. The minimum absolute atomic E-state index is 0.406. The van der Waals surface area contributed by atoms with E-state index in [0.717, 1.165) is 13.0 Å². The molecule has 2 N–H and O–H groups in total. The van der Waals surface area contributed by atoms with Crippen molar-refractivity contribution >= 4 is 52.3 Å². The third kappa shape index (κ3) is 3.66. The van der Waals surface area contributed by atoms with E-state index in [4.69, 9.17) is 34.8 Å². The topological polar surface area (TPSA) is 49.8 Å². The summed E-state index contributed by atoms with van der Waals surface area (Å²) in [4.78, 5) is 8.41. The summed E-state index contributed by atoms with van der Waals surface area (Å²) in [6.07, 6.45) is 2.52. The SMILES string of the molecule is CCCNc1ncc(Cl)c(Nc2cccc(Cl)c2Cl)n1. The highest BCUT2D eigenvalue weighted by Gasteiger charge is 2.09. The largest absolute Gasteiger partial charge is 0.354 e. The molecule has 0 aliphatic heterocycles. The van der Waals surface area contributed by atoms with E-state index in [2.05, 4.69) is 27.5 Å². The first kappa shape index (κ1) is 15.2. The molecule has 0 unspecified atom stereocenters. The molecule has 106 valence electrons. The molecule has 7 heteroatoms. The van der Waals surface area contributed by atoms with Crippen molar-refractivity contribution in [2.75, 3.05) is 17.2 Å². The normalized spacial score (nSPS) is 10.4. The first-order valence-corrected chi connectivity index (χ1v) is 7.22. The highest BCUT2D eigenvalue weighted by Crippen LogP contribution is 2.33. The number of hydrogen-bond donors (Lipinski definition) is 2. The number of rotatable bonds is 5. The van der Waals surface area contributed by atoms with Crippen LogP contribution in [0, 0.1) is 0 Å². The van der Waals surface area contributed by atoms with Crippen LogP contribution in [0.25, 0.3) is 0 Å². The van der Waals surface area contributed by atoms with Gasteiger partial charge in [0.2, 0.25) is 5.95 Å². The van der Waals surface area contributed by atoms with Crippen LogP contribution in [0.15, 0.2) is 24.4 Å². The fourth-order valence-electron chi connectivity index (χ4n) is 1.50. The first-order chi connectivity index (χ1) is 9.61. The van der Waals surface area contributed by atoms with Crippen molar-refractivity contribution in [2.24, 2.45) is 0 Å². The van der Waals surface area contributed by atoms with Crippen LogP contribution in [0.3, 0.4) is 0 Å². The van der Waals surface area contributed by atoms with E-state index in [-0.39, 0.29) is 0 Å². The van der Waals surface area contributed by atoms with Gasteiger partial charge in [-0.3, -0.25) is 0 Å². The van der Waals surface area contributed by atoms with E-state index >= 15 is 0 Å². The zero-order valence-electron chi connectivity index (χ0n) is 10.8. The molecule has 0 radical (unpaired) electrons. The zero-order chi connectivity index (χ0) is 14.5. The Morgan fingerprint density at radius 2 is 1.95 bits per heavy atom. The lowest BCUT2D eigenvalue weighted by Crippen LogP contribution is -2.06. The third-order valence-corrected chi connectivity index (χ3v) is 3.58. The molecule has 1 aromatic heterocycles. The van der Waals surface area contributed by atoms with Crippen LogP contribution in [0.1, 0.15) is 13.3 Å². The van der Waals surface area contributed by atoms with E-state index in [1.165, 1.54) is 6.20 Å². The summed E-state index contributed by atoms with van der Waals surface area (Å²) >= 11 is 18.2. The van der Waals surface area contributed by atoms with E-state index in [1.54, 1.807) is 18.2 Å². The third-order valence-electron chi connectivity index (χ3n) is 2.48. The van der Waals surface area contributed by atoms with Crippen LogP contribution in [0.5, 0.6) is 0 Å². The fourth-order valence-corrected chi connectivity index (χ4v) is 1.99. The standard InChI is InChI=1S/C13H13Cl3N4/c1-2-6-17-13-18-7-9(15)12(20-13)19-10-5-3-4-8(14)11(10)16/h3-5,7H,2,6H2,1H3,(H2,17,18,19,20). The van der Waals surface area contributed by atoms with Crippen molar-refractivity contribution in [1.29, 1.82) is 0 Å². The van der Waals surface area contributed by atoms with Crippen LogP contribution < -0.4 is 10.6 Å². The van der Waals surface area contributed by atoms with Crippen molar-refractivity contribution < 1.29 is 0 Å². The van der Waals surface area contributed by atoms with E-state index in [1.807, 2.05) is 0 Å². The molecule has 0 amide bonds. The lowest BCUT2D eigenvalue weighted by Gasteiger charge is -2.11. The molecule has 0 bridgehead atoms. The molecule has 0 spiro atoms. The van der Waals surface area contributed by atoms with Gasteiger partial charge in [0, 0.05) is 6.54 Å². The zero-order valence-corrected chi connectivity index (χ0v) is 13.0. The Bertz CT molecular complexity index is 604.